The summed E-state index contributed by atoms with van der Waals surface area (Å²) in [6.07, 6.45) is -6.07. The number of sulfonamides is 1. The lowest BCUT2D eigenvalue weighted by molar-refractivity contribution is -0.706. The average molecular weight is 615 g/mol. The third kappa shape index (κ3) is 8.56. The van der Waals surface area contributed by atoms with E-state index >= 15 is 0 Å². The van der Waals surface area contributed by atoms with Crippen molar-refractivity contribution in [1.82, 2.24) is 19.5 Å². The zero-order chi connectivity index (χ0) is 31.1. The van der Waals surface area contributed by atoms with Gasteiger partial charge in [0.25, 0.3) is 16.8 Å². The van der Waals surface area contributed by atoms with Gasteiger partial charge in [-0.1, -0.05) is 29.8 Å². The Morgan fingerprint density at radius 2 is 1.76 bits per heavy atom. The molecule has 0 bridgehead atoms. The number of carbonyl (C=O) groups excluding carboxylic acids is 2. The SMILES string of the molecule is CC(=O)OCO/N=[N+](\[O-])N(C)CCOC(=O)NS(=O)(=O)c1ccc(-n2nc(C(F)(F)F)cc2-c2ccc(C)cc2)cc1. The van der Waals surface area contributed by atoms with E-state index < -0.39 is 47.4 Å². The molecule has 0 aliphatic rings. The van der Waals surface area contributed by atoms with E-state index in [0.717, 1.165) is 40.4 Å². The molecule has 0 radical (unpaired) electrons. The number of hydrazine groups is 1. The predicted octanol–water partition coefficient (Wildman–Crippen LogP) is 3.54. The lowest BCUT2D eigenvalue weighted by atomic mass is 10.1. The van der Waals surface area contributed by atoms with Crippen LogP contribution in [0.2, 0.25) is 0 Å². The molecule has 3 rings (SSSR count). The van der Waals surface area contributed by atoms with E-state index in [-0.39, 0.29) is 27.8 Å². The summed E-state index contributed by atoms with van der Waals surface area (Å²) in [5.41, 5.74) is 0.491. The van der Waals surface area contributed by atoms with Gasteiger partial charge in [-0.2, -0.15) is 18.3 Å². The summed E-state index contributed by atoms with van der Waals surface area (Å²) >= 11 is 0. The molecule has 2 aromatic carbocycles. The normalized spacial score (nSPS) is 12.0. The minimum absolute atomic E-state index is 0.0232. The van der Waals surface area contributed by atoms with Crippen LogP contribution in [0.15, 0.2) is 64.8 Å². The fourth-order valence-corrected chi connectivity index (χ4v) is 4.10. The monoisotopic (exact) mass is 614 g/mol. The van der Waals surface area contributed by atoms with E-state index in [1.807, 2.05) is 6.92 Å². The first kappa shape index (κ1) is 31.7. The molecule has 0 unspecified atom stereocenters. The number of alkyl halides is 3. The summed E-state index contributed by atoms with van der Waals surface area (Å²) in [6.45, 7) is 1.70. The van der Waals surface area contributed by atoms with Crippen LogP contribution in [0.5, 0.6) is 0 Å². The van der Waals surface area contributed by atoms with Crippen molar-refractivity contribution in [2.24, 2.45) is 5.28 Å². The number of rotatable bonds is 11. The van der Waals surface area contributed by atoms with Gasteiger partial charge in [-0.05, 0) is 37.3 Å². The third-order valence-electron chi connectivity index (χ3n) is 5.34. The molecule has 1 amide bonds. The Bertz CT molecular complexity index is 1540. The summed E-state index contributed by atoms with van der Waals surface area (Å²) in [6, 6.07) is 12.3. The van der Waals surface area contributed by atoms with Crippen molar-refractivity contribution in [3.05, 3.63) is 71.1 Å². The molecule has 18 heteroatoms. The van der Waals surface area contributed by atoms with Crippen LogP contribution in [0.1, 0.15) is 18.2 Å². The topological polar surface area (TPSA) is 167 Å². The number of likely N-dealkylation sites (N-methyl/N-ethyl adjacent to an activating group) is 1. The number of halogens is 3. The highest BCUT2D eigenvalue weighted by atomic mass is 32.2. The van der Waals surface area contributed by atoms with Crippen molar-refractivity contribution in [3.8, 4) is 16.9 Å². The molecule has 0 fully saturated rings. The van der Waals surface area contributed by atoms with Crippen molar-refractivity contribution in [2.45, 2.75) is 24.9 Å². The molecule has 0 saturated heterocycles. The van der Waals surface area contributed by atoms with Crippen LogP contribution in [0.3, 0.4) is 0 Å². The number of esters is 1. The number of amides is 1. The molecule has 14 nitrogen and oxygen atoms in total. The highest BCUT2D eigenvalue weighted by Gasteiger charge is 2.35. The molecule has 42 heavy (non-hydrogen) atoms. The van der Waals surface area contributed by atoms with Crippen LogP contribution in [0.25, 0.3) is 16.9 Å². The maximum Gasteiger partial charge on any atom is 0.435 e. The molecular weight excluding hydrogens is 589 g/mol. The summed E-state index contributed by atoms with van der Waals surface area (Å²) in [5, 5.41) is 19.3. The Morgan fingerprint density at radius 3 is 2.36 bits per heavy atom. The Hall–Kier alpha value is -4.87. The predicted molar refractivity (Wildman–Crippen MR) is 137 cm³/mol. The van der Waals surface area contributed by atoms with Crippen LogP contribution < -0.4 is 4.72 Å². The molecule has 1 aromatic heterocycles. The summed E-state index contributed by atoms with van der Waals surface area (Å²) in [4.78, 5) is 26.7. The second kappa shape index (κ2) is 13.2. The van der Waals surface area contributed by atoms with Crippen LogP contribution in [-0.2, 0) is 35.3 Å². The maximum atomic E-state index is 13.4. The third-order valence-corrected chi connectivity index (χ3v) is 6.67. The number of hydrogen-bond donors (Lipinski definition) is 1. The zero-order valence-electron chi connectivity index (χ0n) is 22.4. The van der Waals surface area contributed by atoms with Gasteiger partial charge in [-0.3, -0.25) is 4.79 Å². The average Bonchev–Trinajstić information content (AvgIpc) is 3.37. The van der Waals surface area contributed by atoms with Gasteiger partial charge in [-0.25, -0.2) is 22.6 Å². The first-order valence-corrected chi connectivity index (χ1v) is 13.3. The van der Waals surface area contributed by atoms with Crippen molar-refractivity contribution in [2.75, 3.05) is 27.0 Å². The molecule has 1 heterocycles. The molecule has 0 aliphatic heterocycles. The number of ether oxygens (including phenoxy) is 2. The second-order valence-corrected chi connectivity index (χ2v) is 10.2. The van der Waals surface area contributed by atoms with Gasteiger partial charge in [0.1, 0.15) is 13.2 Å². The van der Waals surface area contributed by atoms with Crippen molar-refractivity contribution < 1.29 is 50.5 Å². The molecule has 1 N–H and O–H groups in total. The van der Waals surface area contributed by atoms with Gasteiger partial charge in [0.15, 0.2) is 5.69 Å². The highest BCUT2D eigenvalue weighted by Crippen LogP contribution is 2.33. The van der Waals surface area contributed by atoms with E-state index in [1.165, 1.54) is 19.2 Å². The fourth-order valence-electron chi connectivity index (χ4n) is 3.21. The summed E-state index contributed by atoms with van der Waals surface area (Å²) < 4.78 is 77.4. The molecular formula is C24H25F3N6O8S. The lowest BCUT2D eigenvalue weighted by Gasteiger charge is -2.13. The Labute approximate surface area is 237 Å². The van der Waals surface area contributed by atoms with E-state index in [1.54, 1.807) is 29.0 Å². The highest BCUT2D eigenvalue weighted by molar-refractivity contribution is 7.90. The standard InChI is InChI=1S/C24H25F3N6O8S/c1-16-4-6-18(7-5-16)21-14-22(24(25,26)27)28-32(21)19-8-10-20(11-9-19)42(37,38)29-23(35)39-13-12-31(3)33(36)30-41-15-40-17(2)34/h4-11,14H,12-13,15H2,1-3H3,(H,29,35)/b33-30-. The van der Waals surface area contributed by atoms with E-state index in [0.29, 0.717) is 5.56 Å². The minimum Gasteiger partial charge on any atom is -0.569 e. The first-order valence-electron chi connectivity index (χ1n) is 11.9. The number of hydrogen-bond acceptors (Lipinski definition) is 10. The van der Waals surface area contributed by atoms with Crippen molar-refractivity contribution in [3.63, 3.8) is 0 Å². The molecule has 226 valence electrons. The number of carbonyl (C=O) groups is 2. The number of nitrogens with one attached hydrogen (secondary N) is 1. The van der Waals surface area contributed by atoms with Crippen LogP contribution >= 0.6 is 0 Å². The van der Waals surface area contributed by atoms with Crippen LogP contribution in [0.4, 0.5) is 18.0 Å². The second-order valence-electron chi connectivity index (χ2n) is 8.52. The van der Waals surface area contributed by atoms with Gasteiger partial charge < -0.3 is 19.5 Å². The van der Waals surface area contributed by atoms with E-state index in [9.17, 15) is 36.4 Å². The molecule has 3 aromatic rings. The van der Waals surface area contributed by atoms with Gasteiger partial charge in [0, 0.05) is 12.5 Å². The largest absolute Gasteiger partial charge is 0.569 e. The van der Waals surface area contributed by atoms with E-state index in [2.05, 4.69) is 20.0 Å². The minimum atomic E-state index is -4.72. The van der Waals surface area contributed by atoms with Crippen LogP contribution in [-0.4, -0.2) is 67.2 Å². The summed E-state index contributed by atoms with van der Waals surface area (Å²) in [7, 11) is -3.18. The Balaban J connectivity index is 1.65. The summed E-state index contributed by atoms with van der Waals surface area (Å²) in [5.74, 6) is -0.647. The lowest BCUT2D eigenvalue weighted by Crippen LogP contribution is -2.35. The number of benzene rings is 2. The number of aromatic nitrogens is 2. The molecule has 0 atom stereocenters. The molecule has 0 aliphatic carbocycles. The smallest absolute Gasteiger partial charge is 0.435 e. The first-order chi connectivity index (χ1) is 19.7. The number of aryl methyl sites for hydroxylation is 1. The quantitative estimate of drug-likeness (QED) is 0.0842. The maximum absolute atomic E-state index is 13.4. The van der Waals surface area contributed by atoms with Gasteiger partial charge in [0.05, 0.1) is 28.3 Å². The number of nitrogens with zero attached hydrogens (tertiary/aromatic N) is 5. The van der Waals surface area contributed by atoms with Crippen molar-refractivity contribution in [1.29, 1.82) is 0 Å². The van der Waals surface area contributed by atoms with Crippen LogP contribution in [0, 0.1) is 12.1 Å². The van der Waals surface area contributed by atoms with E-state index in [4.69, 9.17) is 4.74 Å². The Kier molecular flexibility index (Phi) is 9.95. The van der Waals surface area contributed by atoms with Gasteiger partial charge in [-0.15, -0.1) is 5.01 Å². The van der Waals surface area contributed by atoms with Gasteiger partial charge >= 0.3 is 18.2 Å². The zero-order valence-corrected chi connectivity index (χ0v) is 23.2. The van der Waals surface area contributed by atoms with Gasteiger partial charge in [0.2, 0.25) is 5.28 Å². The van der Waals surface area contributed by atoms with Crippen molar-refractivity contribution >= 4 is 22.1 Å². The molecule has 0 spiro atoms. The fraction of sp³-hybridized carbons (Fsp3) is 0.292. The Morgan fingerprint density at radius 1 is 1.12 bits per heavy atom. The molecule has 0 saturated carbocycles.